The highest BCUT2D eigenvalue weighted by atomic mass is 28.3. The number of amides is 3. The van der Waals surface area contributed by atoms with Crippen LogP contribution in [0.15, 0.2) is 60.7 Å². The van der Waals surface area contributed by atoms with Crippen LogP contribution in [0.1, 0.15) is 71.6 Å². The smallest absolute Gasteiger partial charge is 0.408 e. The number of carbonyl (C=O) groups excluding carboxylic acids is 4. The predicted molar refractivity (Wildman–Crippen MR) is 188 cm³/mol. The first kappa shape index (κ1) is 39.5. The third-order valence-electron chi connectivity index (χ3n) is 7.28. The molecular formula is C36H56N4O6Si. The van der Waals surface area contributed by atoms with Crippen molar-refractivity contribution in [2.45, 2.75) is 111 Å². The fourth-order valence-corrected chi connectivity index (χ4v) is 5.50. The molecule has 2 aromatic rings. The van der Waals surface area contributed by atoms with Crippen LogP contribution in [0, 0.1) is 10.8 Å². The van der Waals surface area contributed by atoms with Gasteiger partial charge in [0, 0.05) is 8.07 Å². The normalized spacial score (nSPS) is 14.6. The second-order valence-electron chi connectivity index (χ2n) is 15.8. The summed E-state index contributed by atoms with van der Waals surface area (Å²) in [7, 11) is -1.49. The van der Waals surface area contributed by atoms with Crippen molar-refractivity contribution >= 4 is 32.0 Å². The molecule has 0 heterocycles. The summed E-state index contributed by atoms with van der Waals surface area (Å²) in [5.74, 6) is -1.75. The van der Waals surface area contributed by atoms with E-state index in [0.29, 0.717) is 5.56 Å². The highest BCUT2D eigenvalue weighted by Crippen LogP contribution is 2.24. The van der Waals surface area contributed by atoms with Gasteiger partial charge in [-0.15, -0.1) is 0 Å². The third-order valence-corrected chi connectivity index (χ3v) is 8.98. The van der Waals surface area contributed by atoms with E-state index < -0.39 is 56.1 Å². The summed E-state index contributed by atoms with van der Waals surface area (Å²) in [6, 6.07) is 14.9. The van der Waals surface area contributed by atoms with Crippen molar-refractivity contribution in [3.05, 3.63) is 71.8 Å². The molecule has 0 aliphatic rings. The Morgan fingerprint density at radius 1 is 0.723 bits per heavy atom. The predicted octanol–water partition coefficient (Wildman–Crippen LogP) is 5.70. The van der Waals surface area contributed by atoms with Crippen molar-refractivity contribution in [3.63, 3.8) is 0 Å². The number of benzene rings is 2. The summed E-state index contributed by atoms with van der Waals surface area (Å²) < 4.78 is 11.0. The van der Waals surface area contributed by atoms with Crippen molar-refractivity contribution < 1.29 is 28.7 Å². The van der Waals surface area contributed by atoms with Crippen molar-refractivity contribution in [1.82, 2.24) is 16.0 Å². The fourth-order valence-electron chi connectivity index (χ4n) is 4.79. The van der Waals surface area contributed by atoms with E-state index in [2.05, 4.69) is 35.6 Å². The summed E-state index contributed by atoms with van der Waals surface area (Å²) in [6.45, 7) is 18.5. The molecule has 3 amide bonds. The van der Waals surface area contributed by atoms with E-state index in [1.165, 1.54) is 0 Å². The lowest BCUT2D eigenvalue weighted by atomic mass is 9.86. The second-order valence-corrected chi connectivity index (χ2v) is 21.4. The molecule has 2 aromatic carbocycles. The highest BCUT2D eigenvalue weighted by molar-refractivity contribution is 6.76. The molecule has 0 aromatic heterocycles. The number of hydrogen-bond donors (Lipinski definition) is 4. The summed E-state index contributed by atoms with van der Waals surface area (Å²) in [5, 5.41) is 8.34. The number of hydrogen-bond acceptors (Lipinski definition) is 7. The van der Waals surface area contributed by atoms with Crippen LogP contribution in [0.5, 0.6) is 0 Å². The van der Waals surface area contributed by atoms with E-state index in [-0.39, 0.29) is 36.9 Å². The largest absolute Gasteiger partial charge is 0.464 e. The van der Waals surface area contributed by atoms with Crippen LogP contribution in [0.2, 0.25) is 25.7 Å². The summed E-state index contributed by atoms with van der Waals surface area (Å²) in [4.78, 5) is 53.9. The van der Waals surface area contributed by atoms with Crippen LogP contribution in [-0.4, -0.2) is 56.7 Å². The van der Waals surface area contributed by atoms with E-state index in [1.54, 1.807) is 24.3 Å². The quantitative estimate of drug-likeness (QED) is 0.140. The molecular weight excluding hydrogens is 613 g/mol. The first-order valence-electron chi connectivity index (χ1n) is 16.3. The van der Waals surface area contributed by atoms with E-state index >= 15 is 0 Å². The average molecular weight is 669 g/mol. The Morgan fingerprint density at radius 3 is 1.72 bits per heavy atom. The molecule has 5 N–H and O–H groups in total. The minimum Gasteiger partial charge on any atom is -0.464 e. The van der Waals surface area contributed by atoms with Gasteiger partial charge in [0.05, 0.1) is 12.6 Å². The molecule has 0 aliphatic heterocycles. The third kappa shape index (κ3) is 15.6. The maximum Gasteiger partial charge on any atom is 0.408 e. The zero-order valence-corrected chi connectivity index (χ0v) is 30.6. The second kappa shape index (κ2) is 17.4. The molecule has 10 nitrogen and oxygen atoms in total. The van der Waals surface area contributed by atoms with Gasteiger partial charge in [-0.3, -0.25) is 9.59 Å². The Hall–Kier alpha value is -3.70. The van der Waals surface area contributed by atoms with Gasteiger partial charge in [-0.05, 0) is 40.8 Å². The molecule has 0 unspecified atom stereocenters. The number of alkyl carbamates (subject to hydrolysis) is 1. The molecule has 260 valence electrons. The zero-order valence-electron chi connectivity index (χ0n) is 29.6. The van der Waals surface area contributed by atoms with E-state index in [4.69, 9.17) is 15.2 Å². The van der Waals surface area contributed by atoms with Gasteiger partial charge in [-0.2, -0.15) is 0 Å². The Morgan fingerprint density at radius 2 is 1.21 bits per heavy atom. The molecule has 0 aliphatic carbocycles. The Kier molecular flexibility index (Phi) is 14.7. The maximum atomic E-state index is 13.9. The standard InChI is InChI=1S/C36H56N4O6Si/c1-35(2,3)22-27(38-31(41)28(23-36(4,5)6)39-34(44)46-24-25-16-12-10-13-17-25)32(42)40-30(29(37)26-18-14-11-15-19-26)33(43)45-20-21-47(7,8)9/h10-19,27-30H,20-24,37H2,1-9H3,(H,38,41)(H,39,44)(H,40,42)/t27-,28+,29+,30-/m0/s1. The molecule has 0 saturated carbocycles. The summed E-state index contributed by atoms with van der Waals surface area (Å²) in [5.41, 5.74) is 7.30. The number of rotatable bonds is 15. The number of nitrogens with one attached hydrogen (secondary N) is 3. The Bertz CT molecular complexity index is 1300. The van der Waals surface area contributed by atoms with Gasteiger partial charge in [0.2, 0.25) is 11.8 Å². The summed E-state index contributed by atoms with van der Waals surface area (Å²) >= 11 is 0. The summed E-state index contributed by atoms with van der Waals surface area (Å²) in [6.07, 6.45) is -0.206. The number of esters is 1. The lowest BCUT2D eigenvalue weighted by Gasteiger charge is -2.31. The van der Waals surface area contributed by atoms with Crippen LogP contribution < -0.4 is 21.7 Å². The van der Waals surface area contributed by atoms with E-state index in [0.717, 1.165) is 11.6 Å². The molecule has 2 rings (SSSR count). The first-order valence-corrected chi connectivity index (χ1v) is 20.0. The maximum absolute atomic E-state index is 13.9. The van der Waals surface area contributed by atoms with Gasteiger partial charge in [-0.1, -0.05) is 122 Å². The van der Waals surface area contributed by atoms with Crippen molar-refractivity contribution in [3.8, 4) is 0 Å². The van der Waals surface area contributed by atoms with Crippen LogP contribution in [0.4, 0.5) is 4.79 Å². The molecule has 47 heavy (non-hydrogen) atoms. The Balaban J connectivity index is 2.28. The lowest BCUT2D eigenvalue weighted by Crippen LogP contribution is -2.58. The van der Waals surface area contributed by atoms with E-state index in [9.17, 15) is 19.2 Å². The van der Waals surface area contributed by atoms with Gasteiger partial charge >= 0.3 is 12.1 Å². The van der Waals surface area contributed by atoms with Crippen molar-refractivity contribution in [1.29, 1.82) is 0 Å². The zero-order chi connectivity index (χ0) is 35.4. The van der Waals surface area contributed by atoms with Gasteiger partial charge in [0.15, 0.2) is 0 Å². The number of carbonyl (C=O) groups is 4. The van der Waals surface area contributed by atoms with Crippen LogP contribution in [0.3, 0.4) is 0 Å². The average Bonchev–Trinajstić information content (AvgIpc) is 2.96. The molecule has 0 radical (unpaired) electrons. The van der Waals surface area contributed by atoms with Gasteiger partial charge < -0.3 is 31.2 Å². The minimum absolute atomic E-state index is 0.0443. The molecule has 0 fully saturated rings. The van der Waals surface area contributed by atoms with Crippen LogP contribution in [0.25, 0.3) is 0 Å². The van der Waals surface area contributed by atoms with Crippen LogP contribution >= 0.6 is 0 Å². The van der Waals surface area contributed by atoms with Crippen LogP contribution in [-0.2, 0) is 30.5 Å². The van der Waals surface area contributed by atoms with Gasteiger partial charge in [0.25, 0.3) is 0 Å². The number of nitrogens with two attached hydrogens (primary N) is 1. The fraction of sp³-hybridized carbons (Fsp3) is 0.556. The minimum atomic E-state index is -1.49. The molecule has 0 bridgehead atoms. The number of ether oxygens (including phenoxy) is 2. The monoisotopic (exact) mass is 668 g/mol. The highest BCUT2D eigenvalue weighted by Gasteiger charge is 2.36. The molecule has 0 spiro atoms. The first-order chi connectivity index (χ1) is 21.7. The lowest BCUT2D eigenvalue weighted by molar-refractivity contribution is -0.148. The Labute approximate surface area is 281 Å². The molecule has 11 heteroatoms. The molecule has 0 saturated heterocycles. The van der Waals surface area contributed by atoms with E-state index in [1.807, 2.05) is 77.9 Å². The van der Waals surface area contributed by atoms with Crippen molar-refractivity contribution in [2.24, 2.45) is 16.6 Å². The molecule has 4 atom stereocenters. The topological polar surface area (TPSA) is 149 Å². The van der Waals surface area contributed by atoms with Gasteiger partial charge in [0.1, 0.15) is 24.7 Å². The SMILES string of the molecule is CC(C)(C)C[C@H](NC(=O)[C@@H](CC(C)(C)C)NC(=O)OCc1ccccc1)C(=O)N[C@H](C(=O)OCC[Si](C)(C)C)[C@H](N)c1ccccc1. The van der Waals surface area contributed by atoms with Gasteiger partial charge in [-0.25, -0.2) is 9.59 Å². The van der Waals surface area contributed by atoms with Crippen molar-refractivity contribution in [2.75, 3.05) is 6.61 Å².